The highest BCUT2D eigenvalue weighted by Gasteiger charge is 2.04. The lowest BCUT2D eigenvalue weighted by atomic mass is 10.0. The summed E-state index contributed by atoms with van der Waals surface area (Å²) in [6.07, 6.45) is 12.9. The van der Waals surface area contributed by atoms with Crippen LogP contribution in [0.4, 0.5) is 0 Å². The van der Waals surface area contributed by atoms with Crippen molar-refractivity contribution in [1.82, 2.24) is 5.43 Å². The molecule has 0 saturated heterocycles. The van der Waals surface area contributed by atoms with Crippen molar-refractivity contribution >= 4 is 23.0 Å². The number of unbranched alkanes of at least 4 members (excludes halogenated alkanes) is 8. The minimum absolute atomic E-state index is 0.215. The van der Waals surface area contributed by atoms with E-state index < -0.39 is 0 Å². The first-order chi connectivity index (χ1) is 11.6. The molecule has 0 saturated carbocycles. The zero-order chi connectivity index (χ0) is 17.6. The number of hydrogen-bond donors (Lipinski definition) is 2. The van der Waals surface area contributed by atoms with Crippen LogP contribution >= 0.6 is 12.2 Å². The van der Waals surface area contributed by atoms with Crippen molar-refractivity contribution in [3.05, 3.63) is 35.4 Å². The third-order valence-corrected chi connectivity index (χ3v) is 4.29. The van der Waals surface area contributed by atoms with Gasteiger partial charge < -0.3 is 5.73 Å². The number of aryl methyl sites for hydroxylation is 1. The summed E-state index contributed by atoms with van der Waals surface area (Å²) < 4.78 is 0. The van der Waals surface area contributed by atoms with Gasteiger partial charge >= 0.3 is 0 Å². The van der Waals surface area contributed by atoms with Crippen LogP contribution < -0.4 is 11.2 Å². The molecule has 0 amide bonds. The summed E-state index contributed by atoms with van der Waals surface area (Å²) >= 11 is 4.86. The standard InChI is InChI=1S/C20H33N3S/c1-3-4-5-6-7-8-9-10-11-12-19(22-23-20(21)24)18-15-13-17(2)14-16-18/h13-16H,3-12H2,1-2H3,(H3,21,23,24). The zero-order valence-corrected chi connectivity index (χ0v) is 16.1. The summed E-state index contributed by atoms with van der Waals surface area (Å²) in [5, 5.41) is 4.61. The number of hydrazone groups is 1. The summed E-state index contributed by atoms with van der Waals surface area (Å²) in [7, 11) is 0. The van der Waals surface area contributed by atoms with Gasteiger partial charge in [-0.25, -0.2) is 0 Å². The average molecular weight is 348 g/mol. The van der Waals surface area contributed by atoms with Gasteiger partial charge in [0.25, 0.3) is 0 Å². The molecule has 0 radical (unpaired) electrons. The van der Waals surface area contributed by atoms with Gasteiger partial charge in [-0.3, -0.25) is 5.43 Å². The number of nitrogens with zero attached hydrogens (tertiary/aromatic N) is 1. The van der Waals surface area contributed by atoms with Crippen LogP contribution in [-0.2, 0) is 0 Å². The maximum absolute atomic E-state index is 5.50. The van der Waals surface area contributed by atoms with Crippen LogP contribution in [-0.4, -0.2) is 10.8 Å². The van der Waals surface area contributed by atoms with Crippen molar-refractivity contribution in [2.24, 2.45) is 10.8 Å². The first-order valence-electron chi connectivity index (χ1n) is 9.32. The van der Waals surface area contributed by atoms with E-state index in [0.717, 1.165) is 24.1 Å². The fourth-order valence-electron chi connectivity index (χ4n) is 2.74. The molecule has 0 unspecified atom stereocenters. The molecule has 1 aromatic rings. The molecule has 4 heteroatoms. The Morgan fingerprint density at radius 1 is 0.958 bits per heavy atom. The van der Waals surface area contributed by atoms with E-state index in [9.17, 15) is 0 Å². The molecular weight excluding hydrogens is 314 g/mol. The summed E-state index contributed by atoms with van der Waals surface area (Å²) in [6.45, 7) is 4.35. The lowest BCUT2D eigenvalue weighted by molar-refractivity contribution is 0.568. The van der Waals surface area contributed by atoms with Gasteiger partial charge in [-0.1, -0.05) is 88.1 Å². The molecule has 134 valence electrons. The SMILES string of the molecule is CCCCCCCCCCCC(=NNC(N)=S)c1ccc(C)cc1. The third-order valence-electron chi connectivity index (χ3n) is 4.20. The number of benzene rings is 1. The van der Waals surface area contributed by atoms with Crippen molar-refractivity contribution in [3.63, 3.8) is 0 Å². The largest absolute Gasteiger partial charge is 0.375 e. The molecule has 3 nitrogen and oxygen atoms in total. The molecule has 0 aliphatic rings. The Kier molecular flexibility index (Phi) is 11.1. The lowest BCUT2D eigenvalue weighted by Gasteiger charge is -2.08. The smallest absolute Gasteiger partial charge is 0.184 e. The van der Waals surface area contributed by atoms with Crippen LogP contribution in [0.1, 0.15) is 82.3 Å². The topological polar surface area (TPSA) is 50.4 Å². The summed E-state index contributed by atoms with van der Waals surface area (Å²) in [5.74, 6) is 0. The minimum Gasteiger partial charge on any atom is -0.375 e. The average Bonchev–Trinajstić information content (AvgIpc) is 2.57. The maximum atomic E-state index is 5.50. The highest BCUT2D eigenvalue weighted by Crippen LogP contribution is 2.13. The summed E-state index contributed by atoms with van der Waals surface area (Å²) in [5.41, 5.74) is 11.7. The number of rotatable bonds is 12. The molecule has 0 bridgehead atoms. The van der Waals surface area contributed by atoms with Crippen LogP contribution in [0.3, 0.4) is 0 Å². The van der Waals surface area contributed by atoms with Gasteiger partial charge in [0.05, 0.1) is 5.71 Å². The molecule has 0 aliphatic carbocycles. The molecule has 0 aliphatic heterocycles. The fraction of sp³-hybridized carbons (Fsp3) is 0.600. The zero-order valence-electron chi connectivity index (χ0n) is 15.3. The Morgan fingerprint density at radius 2 is 1.50 bits per heavy atom. The van der Waals surface area contributed by atoms with Crippen molar-refractivity contribution < 1.29 is 0 Å². The van der Waals surface area contributed by atoms with E-state index in [1.807, 2.05) is 0 Å². The van der Waals surface area contributed by atoms with Crippen LogP contribution in [0.25, 0.3) is 0 Å². The maximum Gasteiger partial charge on any atom is 0.184 e. The highest BCUT2D eigenvalue weighted by molar-refractivity contribution is 7.80. The molecule has 24 heavy (non-hydrogen) atoms. The van der Waals surface area contributed by atoms with E-state index in [1.165, 1.54) is 56.9 Å². The van der Waals surface area contributed by atoms with Gasteiger partial charge in [0.2, 0.25) is 0 Å². The lowest BCUT2D eigenvalue weighted by Crippen LogP contribution is -2.25. The summed E-state index contributed by atoms with van der Waals surface area (Å²) in [4.78, 5) is 0. The minimum atomic E-state index is 0.215. The molecule has 0 aromatic heterocycles. The van der Waals surface area contributed by atoms with E-state index in [2.05, 4.69) is 48.6 Å². The Hall–Kier alpha value is -1.42. The molecule has 0 spiro atoms. The second kappa shape index (κ2) is 12.9. The van der Waals surface area contributed by atoms with Gasteiger partial charge in [-0.15, -0.1) is 0 Å². The monoisotopic (exact) mass is 347 g/mol. The number of nitrogens with one attached hydrogen (secondary N) is 1. The van der Waals surface area contributed by atoms with Crippen molar-refractivity contribution in [1.29, 1.82) is 0 Å². The van der Waals surface area contributed by atoms with E-state index in [4.69, 9.17) is 18.0 Å². The van der Waals surface area contributed by atoms with Crippen molar-refractivity contribution in [2.75, 3.05) is 0 Å². The Morgan fingerprint density at radius 3 is 2.04 bits per heavy atom. The van der Waals surface area contributed by atoms with Crippen LogP contribution in [0.15, 0.2) is 29.4 Å². The van der Waals surface area contributed by atoms with E-state index in [0.29, 0.717) is 0 Å². The first kappa shape index (κ1) is 20.6. The Balaban J connectivity index is 2.34. The van der Waals surface area contributed by atoms with Crippen molar-refractivity contribution in [2.45, 2.75) is 78.1 Å². The molecular formula is C20H33N3S. The van der Waals surface area contributed by atoms with Crippen LogP contribution in [0.2, 0.25) is 0 Å². The number of nitrogens with two attached hydrogens (primary N) is 1. The molecule has 1 rings (SSSR count). The predicted octanol–water partition coefficient (Wildman–Crippen LogP) is 5.45. The van der Waals surface area contributed by atoms with Gasteiger partial charge in [0.15, 0.2) is 5.11 Å². The fourth-order valence-corrected chi connectivity index (χ4v) is 2.78. The molecule has 0 heterocycles. The van der Waals surface area contributed by atoms with Crippen LogP contribution in [0.5, 0.6) is 0 Å². The number of hydrogen-bond acceptors (Lipinski definition) is 2. The second-order valence-corrected chi connectivity index (χ2v) is 6.92. The van der Waals surface area contributed by atoms with Gasteiger partial charge in [-0.2, -0.15) is 5.10 Å². The predicted molar refractivity (Wildman–Crippen MR) is 109 cm³/mol. The summed E-state index contributed by atoms with van der Waals surface area (Å²) in [6, 6.07) is 8.45. The highest BCUT2D eigenvalue weighted by atomic mass is 32.1. The van der Waals surface area contributed by atoms with E-state index in [1.54, 1.807) is 0 Å². The Labute approximate surface area is 153 Å². The molecule has 0 fully saturated rings. The van der Waals surface area contributed by atoms with Crippen molar-refractivity contribution in [3.8, 4) is 0 Å². The van der Waals surface area contributed by atoms with Gasteiger partial charge in [0.1, 0.15) is 0 Å². The number of thiocarbonyl (C=S) groups is 1. The van der Waals surface area contributed by atoms with Gasteiger partial charge in [-0.05, 0) is 37.5 Å². The normalized spacial score (nSPS) is 11.5. The Bertz CT molecular complexity index is 494. The molecule has 0 atom stereocenters. The first-order valence-corrected chi connectivity index (χ1v) is 9.73. The quantitative estimate of drug-likeness (QED) is 0.229. The molecule has 3 N–H and O–H groups in total. The van der Waals surface area contributed by atoms with E-state index >= 15 is 0 Å². The van der Waals surface area contributed by atoms with Crippen LogP contribution in [0, 0.1) is 6.92 Å². The van der Waals surface area contributed by atoms with Gasteiger partial charge in [0, 0.05) is 0 Å². The van der Waals surface area contributed by atoms with E-state index in [-0.39, 0.29) is 5.11 Å². The third kappa shape index (κ3) is 9.66. The molecule has 1 aromatic carbocycles. The second-order valence-electron chi connectivity index (χ2n) is 6.48.